The Morgan fingerprint density at radius 1 is 1.03 bits per heavy atom. The van der Waals surface area contributed by atoms with E-state index in [1.54, 1.807) is 0 Å². The smallest absolute Gasteiger partial charge is 0.218 e. The van der Waals surface area contributed by atoms with Crippen LogP contribution in [0.2, 0.25) is 0 Å². The van der Waals surface area contributed by atoms with Crippen molar-refractivity contribution in [3.8, 4) is 0 Å². The summed E-state index contributed by atoms with van der Waals surface area (Å²) >= 11 is 0. The summed E-state index contributed by atoms with van der Waals surface area (Å²) in [5, 5.41) is -0.0466. The molecule has 5 rings (SSSR count). The van der Waals surface area contributed by atoms with E-state index in [0.717, 1.165) is 5.56 Å². The minimum Gasteiger partial charge on any atom is -0.726 e. The van der Waals surface area contributed by atoms with Gasteiger partial charge in [-0.1, -0.05) is 30.3 Å². The minimum atomic E-state index is -4.95. The van der Waals surface area contributed by atoms with Gasteiger partial charge >= 0.3 is 0 Å². The molecule has 0 radical (unpaired) electrons. The lowest BCUT2D eigenvalue weighted by Gasteiger charge is -2.36. The van der Waals surface area contributed by atoms with Crippen molar-refractivity contribution in [3.63, 3.8) is 0 Å². The molecule has 196 valence electrons. The van der Waals surface area contributed by atoms with Gasteiger partial charge in [-0.05, 0) is 27.7 Å². The van der Waals surface area contributed by atoms with Gasteiger partial charge in [0.1, 0.15) is 42.0 Å². The van der Waals surface area contributed by atoms with Crippen molar-refractivity contribution >= 4 is 21.3 Å². The molecule has 4 aliphatic rings. The van der Waals surface area contributed by atoms with Gasteiger partial charge in [0.15, 0.2) is 23.1 Å². The van der Waals surface area contributed by atoms with Crippen LogP contribution in [0.4, 0.5) is 0 Å². The molecular formula is C23H32O10S2. The fraction of sp³-hybridized carbons (Fsp3) is 0.739. The third-order valence-electron chi connectivity index (χ3n) is 6.52. The van der Waals surface area contributed by atoms with Crippen molar-refractivity contribution in [1.29, 1.82) is 0 Å². The maximum atomic E-state index is 11.4. The molecule has 0 saturated carbocycles. The van der Waals surface area contributed by atoms with E-state index in [1.807, 2.05) is 58.0 Å². The van der Waals surface area contributed by atoms with E-state index in [1.165, 1.54) is 0 Å². The van der Waals surface area contributed by atoms with Gasteiger partial charge in [0, 0.05) is 16.5 Å². The topological polar surface area (TPSA) is 122 Å². The second-order valence-corrected chi connectivity index (χ2v) is 13.4. The molecule has 0 N–H and O–H groups in total. The van der Waals surface area contributed by atoms with Crippen molar-refractivity contribution in [3.05, 3.63) is 35.9 Å². The largest absolute Gasteiger partial charge is 0.726 e. The fourth-order valence-corrected chi connectivity index (χ4v) is 8.86. The van der Waals surface area contributed by atoms with E-state index in [9.17, 15) is 13.0 Å². The molecule has 35 heavy (non-hydrogen) atoms. The van der Waals surface area contributed by atoms with Crippen molar-refractivity contribution < 1.29 is 45.6 Å². The Morgan fingerprint density at radius 2 is 1.74 bits per heavy atom. The zero-order valence-electron chi connectivity index (χ0n) is 20.2. The van der Waals surface area contributed by atoms with Crippen LogP contribution in [0.25, 0.3) is 0 Å². The van der Waals surface area contributed by atoms with E-state index in [-0.39, 0.29) is 41.1 Å². The summed E-state index contributed by atoms with van der Waals surface area (Å²) < 4.78 is 75.7. The molecule has 0 aliphatic carbocycles. The Balaban J connectivity index is 1.38. The first kappa shape index (κ1) is 25.8. The van der Waals surface area contributed by atoms with Crippen LogP contribution in [0, 0.1) is 0 Å². The van der Waals surface area contributed by atoms with Crippen LogP contribution in [0.1, 0.15) is 39.5 Å². The van der Waals surface area contributed by atoms with Crippen LogP contribution in [0.5, 0.6) is 0 Å². The van der Waals surface area contributed by atoms with Crippen molar-refractivity contribution in [1.82, 2.24) is 0 Å². The highest BCUT2D eigenvalue weighted by Crippen LogP contribution is 2.44. The number of rotatable bonds is 6. The number of hydrogen-bond donors (Lipinski definition) is 0. The van der Waals surface area contributed by atoms with Crippen molar-refractivity contribution in [2.24, 2.45) is 0 Å². The van der Waals surface area contributed by atoms with E-state index in [4.69, 9.17) is 32.6 Å². The SMILES string of the molecule is CC1(C)OC[C@@H]([C@H]2[C@@H]3OC(C)(C)O[C@@H]3C[S+]2C[C@H]2OC(c3ccccc3)OC[C@@H]2OS(=O)(=O)[O-])O1. The second kappa shape index (κ2) is 9.50. The average molecular weight is 533 g/mol. The molecule has 1 aromatic rings. The molecule has 1 aromatic carbocycles. The van der Waals surface area contributed by atoms with Gasteiger partial charge in [-0.25, -0.2) is 8.42 Å². The molecule has 0 spiro atoms. The van der Waals surface area contributed by atoms with Crippen LogP contribution in [0.3, 0.4) is 0 Å². The molecule has 0 aromatic heterocycles. The lowest BCUT2D eigenvalue weighted by atomic mass is 10.1. The molecule has 2 unspecified atom stereocenters. The lowest BCUT2D eigenvalue weighted by molar-refractivity contribution is -0.245. The molecule has 8 atom stereocenters. The highest BCUT2D eigenvalue weighted by molar-refractivity contribution is 7.97. The molecule has 0 bridgehead atoms. The van der Waals surface area contributed by atoms with Gasteiger partial charge in [0.25, 0.3) is 0 Å². The predicted octanol–water partition coefficient (Wildman–Crippen LogP) is 1.62. The van der Waals surface area contributed by atoms with Crippen molar-refractivity contribution in [2.75, 3.05) is 24.7 Å². The standard InChI is InChI=1S/C23H32O10S2/c1-22(2)28-11-16(30-22)20-19-18(31-23(3,4)32-19)13-34(20)12-17-15(33-35(24,25)26)10-27-21(29-17)14-8-6-5-7-9-14/h5-9,15-21H,10-13H2,1-4H3/t15-,16-,17+,18+,19+,20-,21?,34?/m0/s1. The molecule has 4 aliphatic heterocycles. The number of hydrogen-bond acceptors (Lipinski definition) is 10. The summed E-state index contributed by atoms with van der Waals surface area (Å²) in [6, 6.07) is 9.36. The first-order valence-electron chi connectivity index (χ1n) is 11.7. The van der Waals surface area contributed by atoms with Crippen LogP contribution in [0.15, 0.2) is 30.3 Å². The molecular weight excluding hydrogens is 500 g/mol. The van der Waals surface area contributed by atoms with Gasteiger partial charge in [-0.15, -0.1) is 0 Å². The second-order valence-electron chi connectivity index (χ2n) is 10.1. The normalized spacial score (nSPS) is 40.6. The molecule has 12 heteroatoms. The Labute approximate surface area is 208 Å². The van der Waals surface area contributed by atoms with Crippen LogP contribution in [-0.4, -0.2) is 85.0 Å². The highest BCUT2D eigenvalue weighted by Gasteiger charge is 2.64. The highest BCUT2D eigenvalue weighted by atomic mass is 32.3. The van der Waals surface area contributed by atoms with Crippen LogP contribution >= 0.6 is 0 Å². The van der Waals surface area contributed by atoms with Gasteiger partial charge in [-0.3, -0.25) is 4.18 Å². The number of ether oxygens (including phenoxy) is 6. The monoisotopic (exact) mass is 532 g/mol. The molecule has 0 amide bonds. The molecule has 4 fully saturated rings. The number of benzene rings is 1. The van der Waals surface area contributed by atoms with E-state index in [0.29, 0.717) is 18.1 Å². The van der Waals surface area contributed by atoms with Crippen LogP contribution < -0.4 is 0 Å². The summed E-state index contributed by atoms with van der Waals surface area (Å²) in [5.74, 6) is -0.263. The first-order chi connectivity index (χ1) is 16.4. The Hall–Kier alpha value is -0.800. The average Bonchev–Trinajstić information content (AvgIpc) is 3.36. The Morgan fingerprint density at radius 3 is 2.40 bits per heavy atom. The summed E-state index contributed by atoms with van der Waals surface area (Å²) in [6.07, 6.45) is -2.97. The minimum absolute atomic E-state index is 0.0466. The maximum absolute atomic E-state index is 11.4. The predicted molar refractivity (Wildman–Crippen MR) is 124 cm³/mol. The molecule has 10 nitrogen and oxygen atoms in total. The van der Waals surface area contributed by atoms with Gasteiger partial charge < -0.3 is 33.0 Å². The Kier molecular flexibility index (Phi) is 7.01. The lowest BCUT2D eigenvalue weighted by Crippen LogP contribution is -2.50. The number of fused-ring (bicyclic) bond motifs is 1. The quantitative estimate of drug-likeness (QED) is 0.303. The fourth-order valence-electron chi connectivity index (χ4n) is 5.22. The van der Waals surface area contributed by atoms with Crippen LogP contribution in [-0.2, 0) is 53.9 Å². The van der Waals surface area contributed by atoms with Crippen molar-refractivity contribution in [2.45, 2.75) is 81.3 Å². The first-order valence-corrected chi connectivity index (χ1v) is 14.6. The zero-order chi connectivity index (χ0) is 25.0. The third kappa shape index (κ3) is 5.87. The summed E-state index contributed by atoms with van der Waals surface area (Å²) in [4.78, 5) is 0. The summed E-state index contributed by atoms with van der Waals surface area (Å²) in [6.45, 7) is 7.88. The zero-order valence-corrected chi connectivity index (χ0v) is 21.8. The van der Waals surface area contributed by atoms with E-state index < -0.39 is 40.5 Å². The van der Waals surface area contributed by atoms with Gasteiger partial charge in [0.05, 0.1) is 13.2 Å². The maximum Gasteiger partial charge on any atom is 0.218 e. The molecule has 4 saturated heterocycles. The van der Waals surface area contributed by atoms with E-state index in [2.05, 4.69) is 0 Å². The third-order valence-corrected chi connectivity index (χ3v) is 9.86. The van der Waals surface area contributed by atoms with Gasteiger partial charge in [-0.2, -0.15) is 0 Å². The summed E-state index contributed by atoms with van der Waals surface area (Å²) in [5.41, 5.74) is 0.798. The van der Waals surface area contributed by atoms with E-state index >= 15 is 0 Å². The summed E-state index contributed by atoms with van der Waals surface area (Å²) in [7, 11) is -5.31. The van der Waals surface area contributed by atoms with Gasteiger partial charge in [0.2, 0.25) is 10.4 Å². The Bertz CT molecular complexity index is 1000. The molecule has 4 heterocycles.